The third-order valence-corrected chi connectivity index (χ3v) is 3.64. The number of sulfonamides is 1. The fourth-order valence-corrected chi connectivity index (χ4v) is 2.07. The van der Waals surface area contributed by atoms with Crippen LogP contribution in [-0.2, 0) is 10.0 Å². The molecule has 0 heterocycles. The Balaban J connectivity index is 4.12. The van der Waals surface area contributed by atoms with E-state index >= 15 is 0 Å². The Labute approximate surface area is 93.9 Å². The number of alkyl halides is 3. The van der Waals surface area contributed by atoms with Crippen LogP contribution in [0.25, 0.3) is 0 Å². The molecule has 16 heavy (non-hydrogen) atoms. The zero-order chi connectivity index (χ0) is 12.8. The molecule has 98 valence electrons. The number of hydrogen-bond acceptors (Lipinski definition) is 3. The second-order valence-electron chi connectivity index (χ2n) is 3.44. The standard InChI is InChI=1S/C8H17F3N2O2S/c1-3-4-12-5-6-16(14,15)13(2)7-8(9,10)11/h12H,3-7H2,1-2H3. The summed E-state index contributed by atoms with van der Waals surface area (Å²) < 4.78 is 58.9. The van der Waals surface area contributed by atoms with Crippen LogP contribution in [0.2, 0.25) is 0 Å². The highest BCUT2D eigenvalue weighted by molar-refractivity contribution is 7.89. The van der Waals surface area contributed by atoms with E-state index in [1.807, 2.05) is 6.92 Å². The number of nitrogens with zero attached hydrogens (tertiary/aromatic N) is 1. The quantitative estimate of drug-likeness (QED) is 0.691. The summed E-state index contributed by atoms with van der Waals surface area (Å²) in [4.78, 5) is 0. The summed E-state index contributed by atoms with van der Waals surface area (Å²) >= 11 is 0. The summed E-state index contributed by atoms with van der Waals surface area (Å²) in [5.41, 5.74) is 0. The highest BCUT2D eigenvalue weighted by atomic mass is 32.2. The Morgan fingerprint density at radius 3 is 2.25 bits per heavy atom. The molecule has 1 N–H and O–H groups in total. The molecule has 0 radical (unpaired) electrons. The van der Waals surface area contributed by atoms with Crippen molar-refractivity contribution in [2.45, 2.75) is 19.5 Å². The maximum atomic E-state index is 12.0. The van der Waals surface area contributed by atoms with Gasteiger partial charge >= 0.3 is 6.18 Å². The Morgan fingerprint density at radius 2 is 1.81 bits per heavy atom. The molecule has 0 aliphatic rings. The van der Waals surface area contributed by atoms with Gasteiger partial charge in [0.2, 0.25) is 10.0 Å². The Bertz CT molecular complexity index is 290. The molecule has 0 rings (SSSR count). The lowest BCUT2D eigenvalue weighted by Gasteiger charge is -2.18. The Hall–Kier alpha value is -0.340. The van der Waals surface area contributed by atoms with E-state index in [1.54, 1.807) is 0 Å². The van der Waals surface area contributed by atoms with E-state index < -0.39 is 22.7 Å². The van der Waals surface area contributed by atoms with E-state index in [0.29, 0.717) is 10.8 Å². The summed E-state index contributed by atoms with van der Waals surface area (Å²) in [6.45, 7) is 1.29. The number of nitrogens with one attached hydrogen (secondary N) is 1. The monoisotopic (exact) mass is 262 g/mol. The molecule has 8 heteroatoms. The predicted molar refractivity (Wildman–Crippen MR) is 55.6 cm³/mol. The van der Waals surface area contributed by atoms with Gasteiger partial charge in [-0.25, -0.2) is 8.42 Å². The normalized spacial score (nSPS) is 13.4. The molecule has 0 aliphatic carbocycles. The summed E-state index contributed by atoms with van der Waals surface area (Å²) in [6, 6.07) is 0. The summed E-state index contributed by atoms with van der Waals surface area (Å²) in [5, 5.41) is 2.82. The van der Waals surface area contributed by atoms with E-state index in [1.165, 1.54) is 0 Å². The molecule has 0 bridgehead atoms. The third kappa shape index (κ3) is 7.02. The highest BCUT2D eigenvalue weighted by Gasteiger charge is 2.33. The largest absolute Gasteiger partial charge is 0.402 e. The molecule has 0 aromatic rings. The van der Waals surface area contributed by atoms with Crippen LogP contribution in [0.4, 0.5) is 13.2 Å². The molecule has 4 nitrogen and oxygen atoms in total. The molecule has 0 atom stereocenters. The summed E-state index contributed by atoms with van der Waals surface area (Å²) in [7, 11) is -2.89. The zero-order valence-electron chi connectivity index (χ0n) is 9.34. The van der Waals surface area contributed by atoms with Gasteiger partial charge in [0.1, 0.15) is 6.54 Å². The first kappa shape index (κ1) is 15.7. The van der Waals surface area contributed by atoms with Crippen molar-refractivity contribution in [2.75, 3.05) is 32.4 Å². The van der Waals surface area contributed by atoms with Crippen molar-refractivity contribution in [1.82, 2.24) is 9.62 Å². The van der Waals surface area contributed by atoms with Crippen LogP contribution in [0.15, 0.2) is 0 Å². The van der Waals surface area contributed by atoms with Crippen LogP contribution >= 0.6 is 0 Å². The van der Waals surface area contributed by atoms with Crippen molar-refractivity contribution >= 4 is 10.0 Å². The first-order valence-electron chi connectivity index (χ1n) is 4.90. The van der Waals surface area contributed by atoms with Crippen LogP contribution in [-0.4, -0.2) is 51.3 Å². The molecule has 0 fully saturated rings. The molecule has 0 aromatic carbocycles. The van der Waals surface area contributed by atoms with E-state index in [4.69, 9.17) is 0 Å². The van der Waals surface area contributed by atoms with Crippen molar-refractivity contribution < 1.29 is 21.6 Å². The van der Waals surface area contributed by atoms with E-state index in [-0.39, 0.29) is 12.3 Å². The van der Waals surface area contributed by atoms with Gasteiger partial charge in [-0.15, -0.1) is 0 Å². The van der Waals surface area contributed by atoms with Gasteiger partial charge in [0.25, 0.3) is 0 Å². The Kier molecular flexibility index (Phi) is 6.27. The smallest absolute Gasteiger partial charge is 0.316 e. The number of hydrogen-bond donors (Lipinski definition) is 1. The third-order valence-electron chi connectivity index (χ3n) is 1.84. The fourth-order valence-electron chi connectivity index (χ4n) is 1.01. The zero-order valence-corrected chi connectivity index (χ0v) is 10.2. The van der Waals surface area contributed by atoms with Crippen molar-refractivity contribution in [2.24, 2.45) is 0 Å². The van der Waals surface area contributed by atoms with Crippen LogP contribution in [0.5, 0.6) is 0 Å². The summed E-state index contributed by atoms with van der Waals surface area (Å²) in [5.74, 6) is -0.320. The molecule has 0 aromatic heterocycles. The molecular weight excluding hydrogens is 245 g/mol. The van der Waals surface area contributed by atoms with Crippen molar-refractivity contribution in [3.05, 3.63) is 0 Å². The van der Waals surface area contributed by atoms with Crippen LogP contribution in [0.3, 0.4) is 0 Å². The lowest BCUT2D eigenvalue weighted by atomic mass is 10.5. The van der Waals surface area contributed by atoms with E-state index in [0.717, 1.165) is 13.5 Å². The van der Waals surface area contributed by atoms with E-state index in [2.05, 4.69) is 5.32 Å². The molecule has 0 unspecified atom stereocenters. The topological polar surface area (TPSA) is 49.4 Å². The molecule has 0 spiro atoms. The lowest BCUT2D eigenvalue weighted by molar-refractivity contribution is -0.134. The molecule has 0 saturated heterocycles. The fraction of sp³-hybridized carbons (Fsp3) is 1.00. The van der Waals surface area contributed by atoms with Gasteiger partial charge in [0.15, 0.2) is 0 Å². The van der Waals surface area contributed by atoms with Crippen molar-refractivity contribution in [1.29, 1.82) is 0 Å². The van der Waals surface area contributed by atoms with Gasteiger partial charge in [0.05, 0.1) is 5.75 Å². The lowest BCUT2D eigenvalue weighted by Crippen LogP contribution is -2.39. The Morgan fingerprint density at radius 1 is 1.25 bits per heavy atom. The van der Waals surface area contributed by atoms with Crippen molar-refractivity contribution in [3.63, 3.8) is 0 Å². The van der Waals surface area contributed by atoms with Gasteiger partial charge in [-0.1, -0.05) is 6.92 Å². The average Bonchev–Trinajstić information content (AvgIpc) is 2.09. The molecule has 0 aliphatic heterocycles. The number of halogens is 3. The highest BCUT2D eigenvalue weighted by Crippen LogP contribution is 2.17. The first-order valence-corrected chi connectivity index (χ1v) is 6.51. The minimum absolute atomic E-state index is 0.165. The second-order valence-corrected chi connectivity index (χ2v) is 5.63. The van der Waals surface area contributed by atoms with Crippen molar-refractivity contribution in [3.8, 4) is 0 Å². The van der Waals surface area contributed by atoms with Gasteiger partial charge in [-0.3, -0.25) is 0 Å². The SMILES string of the molecule is CCCNCCS(=O)(=O)N(C)CC(F)(F)F. The first-order chi connectivity index (χ1) is 7.19. The minimum atomic E-state index is -4.50. The molecule has 0 amide bonds. The summed E-state index contributed by atoms with van der Waals surface area (Å²) in [6.07, 6.45) is -3.66. The second kappa shape index (κ2) is 6.41. The van der Waals surface area contributed by atoms with Crippen LogP contribution in [0, 0.1) is 0 Å². The number of rotatable bonds is 7. The molecular formula is C8H17F3N2O2S. The minimum Gasteiger partial charge on any atom is -0.316 e. The molecule has 0 saturated carbocycles. The van der Waals surface area contributed by atoms with Crippen LogP contribution in [0.1, 0.15) is 13.3 Å². The van der Waals surface area contributed by atoms with Gasteiger partial charge in [0, 0.05) is 13.6 Å². The van der Waals surface area contributed by atoms with Gasteiger partial charge in [-0.2, -0.15) is 17.5 Å². The van der Waals surface area contributed by atoms with Gasteiger partial charge in [-0.05, 0) is 13.0 Å². The van der Waals surface area contributed by atoms with Gasteiger partial charge < -0.3 is 5.32 Å². The maximum absolute atomic E-state index is 12.0. The predicted octanol–water partition coefficient (Wildman–Crippen LogP) is 0.810. The van der Waals surface area contributed by atoms with Crippen LogP contribution < -0.4 is 5.32 Å². The average molecular weight is 262 g/mol. The van der Waals surface area contributed by atoms with E-state index in [9.17, 15) is 21.6 Å². The maximum Gasteiger partial charge on any atom is 0.402 e.